The van der Waals surface area contributed by atoms with Gasteiger partial charge in [-0.3, -0.25) is 4.57 Å². The van der Waals surface area contributed by atoms with Crippen molar-refractivity contribution in [3.05, 3.63) is 94.2 Å². The van der Waals surface area contributed by atoms with Gasteiger partial charge in [-0.25, -0.2) is 0 Å². The lowest BCUT2D eigenvalue weighted by atomic mass is 10.1. The summed E-state index contributed by atoms with van der Waals surface area (Å²) in [6.07, 6.45) is 0.683. The fraction of sp³-hybridized carbons (Fsp3) is 0.200. The van der Waals surface area contributed by atoms with Crippen molar-refractivity contribution in [1.29, 1.82) is 0 Å². The van der Waals surface area contributed by atoms with Crippen molar-refractivity contribution in [2.24, 2.45) is 0 Å². The second-order valence-electron chi connectivity index (χ2n) is 7.08. The molecule has 0 atom stereocenters. The van der Waals surface area contributed by atoms with E-state index in [1.165, 1.54) is 5.56 Å². The standard InChI is InChI=1S/C25H24BrN3O2S/c1-3-31-21-12-9-18(10-13-21)16-24-27-28-25(29(24)20-7-5-4-6-8-20)32-17-19-11-14-23(30-2)22(26)15-19/h4-15H,3,16-17H2,1-2H3. The summed E-state index contributed by atoms with van der Waals surface area (Å²) in [6.45, 7) is 2.65. The summed E-state index contributed by atoms with van der Waals surface area (Å²) >= 11 is 5.23. The molecule has 0 saturated carbocycles. The molecule has 164 valence electrons. The number of rotatable bonds is 9. The van der Waals surface area contributed by atoms with Crippen LogP contribution in [0.15, 0.2) is 82.4 Å². The van der Waals surface area contributed by atoms with E-state index in [1.807, 2.05) is 43.3 Å². The molecule has 32 heavy (non-hydrogen) atoms. The van der Waals surface area contributed by atoms with E-state index >= 15 is 0 Å². The maximum absolute atomic E-state index is 5.56. The van der Waals surface area contributed by atoms with Gasteiger partial charge in [0.1, 0.15) is 17.3 Å². The number of hydrogen-bond donors (Lipinski definition) is 0. The Bertz CT molecular complexity index is 1160. The summed E-state index contributed by atoms with van der Waals surface area (Å²) in [5.74, 6) is 3.38. The van der Waals surface area contributed by atoms with E-state index in [9.17, 15) is 0 Å². The second-order valence-corrected chi connectivity index (χ2v) is 8.88. The Morgan fingerprint density at radius 1 is 0.938 bits per heavy atom. The van der Waals surface area contributed by atoms with Gasteiger partial charge in [0.05, 0.1) is 18.2 Å². The first-order valence-corrected chi connectivity index (χ1v) is 12.1. The van der Waals surface area contributed by atoms with Crippen LogP contribution in [-0.2, 0) is 12.2 Å². The Morgan fingerprint density at radius 2 is 1.69 bits per heavy atom. The number of ether oxygens (including phenoxy) is 2. The lowest BCUT2D eigenvalue weighted by Gasteiger charge is -2.11. The number of thioether (sulfide) groups is 1. The molecule has 1 aromatic heterocycles. The highest BCUT2D eigenvalue weighted by atomic mass is 79.9. The van der Waals surface area contributed by atoms with E-state index in [-0.39, 0.29) is 0 Å². The zero-order chi connectivity index (χ0) is 22.3. The van der Waals surface area contributed by atoms with Crippen molar-refractivity contribution in [2.75, 3.05) is 13.7 Å². The number of para-hydroxylation sites is 1. The van der Waals surface area contributed by atoms with Gasteiger partial charge in [-0.05, 0) is 70.4 Å². The van der Waals surface area contributed by atoms with Crippen LogP contribution in [0.4, 0.5) is 0 Å². The van der Waals surface area contributed by atoms with Gasteiger partial charge in [0.15, 0.2) is 5.16 Å². The van der Waals surface area contributed by atoms with Crippen LogP contribution in [0.25, 0.3) is 5.69 Å². The molecule has 0 unspecified atom stereocenters. The Labute approximate surface area is 200 Å². The molecule has 4 rings (SSSR count). The summed E-state index contributed by atoms with van der Waals surface area (Å²) in [5.41, 5.74) is 3.39. The molecule has 0 aliphatic rings. The highest BCUT2D eigenvalue weighted by molar-refractivity contribution is 9.10. The zero-order valence-electron chi connectivity index (χ0n) is 18.0. The molecular formula is C25H24BrN3O2S. The number of benzene rings is 3. The fourth-order valence-electron chi connectivity index (χ4n) is 3.35. The first-order chi connectivity index (χ1) is 15.7. The molecule has 5 nitrogen and oxygen atoms in total. The normalized spacial score (nSPS) is 10.8. The molecule has 0 bridgehead atoms. The molecule has 1 heterocycles. The highest BCUT2D eigenvalue weighted by Gasteiger charge is 2.15. The lowest BCUT2D eigenvalue weighted by molar-refractivity contribution is 0.340. The summed E-state index contributed by atoms with van der Waals surface area (Å²) < 4.78 is 14.0. The van der Waals surface area contributed by atoms with Crippen molar-refractivity contribution >= 4 is 27.7 Å². The molecule has 0 N–H and O–H groups in total. The van der Waals surface area contributed by atoms with Gasteiger partial charge in [0.25, 0.3) is 0 Å². The minimum absolute atomic E-state index is 0.660. The predicted octanol–water partition coefficient (Wildman–Crippen LogP) is 6.32. The molecule has 0 aliphatic carbocycles. The average molecular weight is 510 g/mol. The fourth-order valence-corrected chi connectivity index (χ4v) is 4.85. The van der Waals surface area contributed by atoms with Gasteiger partial charge < -0.3 is 9.47 Å². The molecule has 0 aliphatic heterocycles. The van der Waals surface area contributed by atoms with Crippen LogP contribution in [0.3, 0.4) is 0 Å². The predicted molar refractivity (Wildman–Crippen MR) is 132 cm³/mol. The number of methoxy groups -OCH3 is 1. The van der Waals surface area contributed by atoms with Crippen LogP contribution in [0.1, 0.15) is 23.9 Å². The third kappa shape index (κ3) is 5.34. The van der Waals surface area contributed by atoms with Crippen LogP contribution in [0.5, 0.6) is 11.5 Å². The lowest BCUT2D eigenvalue weighted by Crippen LogP contribution is -2.04. The minimum Gasteiger partial charge on any atom is -0.496 e. The molecule has 3 aromatic carbocycles. The Kier molecular flexibility index (Phi) is 7.50. The highest BCUT2D eigenvalue weighted by Crippen LogP contribution is 2.30. The second kappa shape index (κ2) is 10.7. The summed E-state index contributed by atoms with van der Waals surface area (Å²) in [4.78, 5) is 0. The van der Waals surface area contributed by atoms with Crippen LogP contribution in [0, 0.1) is 0 Å². The number of halogens is 1. The summed E-state index contributed by atoms with van der Waals surface area (Å²) in [7, 11) is 1.67. The van der Waals surface area contributed by atoms with Crippen molar-refractivity contribution in [3.63, 3.8) is 0 Å². The van der Waals surface area contributed by atoms with Crippen LogP contribution < -0.4 is 9.47 Å². The maximum atomic E-state index is 5.56. The Hall–Kier alpha value is -2.77. The van der Waals surface area contributed by atoms with Crippen molar-refractivity contribution in [2.45, 2.75) is 24.3 Å². The van der Waals surface area contributed by atoms with E-state index in [4.69, 9.17) is 9.47 Å². The Morgan fingerprint density at radius 3 is 2.38 bits per heavy atom. The van der Waals surface area contributed by atoms with Gasteiger partial charge >= 0.3 is 0 Å². The SMILES string of the molecule is CCOc1ccc(Cc2nnc(SCc3ccc(OC)c(Br)c3)n2-c2ccccc2)cc1. The maximum Gasteiger partial charge on any atom is 0.196 e. The number of nitrogens with zero attached hydrogens (tertiary/aromatic N) is 3. The van der Waals surface area contributed by atoms with E-state index in [1.54, 1.807) is 18.9 Å². The smallest absolute Gasteiger partial charge is 0.196 e. The van der Waals surface area contributed by atoms with Crippen LogP contribution in [0.2, 0.25) is 0 Å². The number of hydrogen-bond acceptors (Lipinski definition) is 5. The van der Waals surface area contributed by atoms with Crippen LogP contribution in [-0.4, -0.2) is 28.5 Å². The minimum atomic E-state index is 0.660. The topological polar surface area (TPSA) is 49.2 Å². The largest absolute Gasteiger partial charge is 0.496 e. The van der Waals surface area contributed by atoms with Gasteiger partial charge in [-0.2, -0.15) is 0 Å². The molecule has 0 amide bonds. The molecule has 4 aromatic rings. The van der Waals surface area contributed by atoms with Gasteiger partial charge in [-0.1, -0.05) is 48.2 Å². The molecule has 0 fully saturated rings. The van der Waals surface area contributed by atoms with E-state index in [2.05, 4.69) is 67.1 Å². The summed E-state index contributed by atoms with van der Waals surface area (Å²) in [6, 6.07) is 24.5. The first kappa shape index (κ1) is 22.4. The van der Waals surface area contributed by atoms with Crippen LogP contribution >= 0.6 is 27.7 Å². The zero-order valence-corrected chi connectivity index (χ0v) is 20.4. The van der Waals surface area contributed by atoms with E-state index < -0.39 is 0 Å². The van der Waals surface area contributed by atoms with Gasteiger partial charge in [-0.15, -0.1) is 10.2 Å². The third-order valence-corrected chi connectivity index (χ3v) is 6.52. The van der Waals surface area contributed by atoms with Gasteiger partial charge in [0.2, 0.25) is 0 Å². The summed E-state index contributed by atoms with van der Waals surface area (Å²) in [5, 5.41) is 9.92. The molecule has 0 radical (unpaired) electrons. The first-order valence-electron chi connectivity index (χ1n) is 10.3. The van der Waals surface area contributed by atoms with E-state index in [0.717, 1.165) is 44.0 Å². The van der Waals surface area contributed by atoms with Crippen molar-refractivity contribution in [1.82, 2.24) is 14.8 Å². The monoisotopic (exact) mass is 509 g/mol. The third-order valence-electron chi connectivity index (χ3n) is 4.90. The molecule has 0 saturated heterocycles. The quantitative estimate of drug-likeness (QED) is 0.247. The number of aromatic nitrogens is 3. The van der Waals surface area contributed by atoms with Crippen molar-refractivity contribution < 1.29 is 9.47 Å². The Balaban J connectivity index is 1.58. The van der Waals surface area contributed by atoms with Gasteiger partial charge in [0, 0.05) is 17.9 Å². The van der Waals surface area contributed by atoms with Crippen molar-refractivity contribution in [3.8, 4) is 17.2 Å². The molecule has 7 heteroatoms. The average Bonchev–Trinajstić information content (AvgIpc) is 3.22. The van der Waals surface area contributed by atoms with E-state index in [0.29, 0.717) is 13.0 Å². The molecular weight excluding hydrogens is 486 g/mol. The molecule has 0 spiro atoms.